The SMILES string of the molecule is Cc1cc(C)c(-c2ccc(CN)cc2Cl)cc1C. The molecule has 0 atom stereocenters. The van der Waals surface area contributed by atoms with Crippen molar-refractivity contribution in [1.82, 2.24) is 0 Å². The number of nitrogens with two attached hydrogens (primary N) is 1. The van der Waals surface area contributed by atoms with Crippen LogP contribution in [0.25, 0.3) is 11.1 Å². The third-order valence-corrected chi connectivity index (χ3v) is 3.71. The summed E-state index contributed by atoms with van der Waals surface area (Å²) in [6.07, 6.45) is 0. The van der Waals surface area contributed by atoms with Gasteiger partial charge in [0.15, 0.2) is 0 Å². The van der Waals surface area contributed by atoms with Gasteiger partial charge in [-0.1, -0.05) is 35.9 Å². The monoisotopic (exact) mass is 259 g/mol. The molecule has 2 heteroatoms. The molecule has 0 radical (unpaired) electrons. The van der Waals surface area contributed by atoms with Gasteiger partial charge in [-0.3, -0.25) is 0 Å². The summed E-state index contributed by atoms with van der Waals surface area (Å²) in [7, 11) is 0. The first kappa shape index (κ1) is 13.1. The lowest BCUT2D eigenvalue weighted by Gasteiger charge is -2.12. The summed E-state index contributed by atoms with van der Waals surface area (Å²) in [4.78, 5) is 0. The minimum absolute atomic E-state index is 0.520. The fourth-order valence-corrected chi connectivity index (χ4v) is 2.46. The smallest absolute Gasteiger partial charge is 0.0487 e. The van der Waals surface area contributed by atoms with E-state index in [1.807, 2.05) is 12.1 Å². The van der Waals surface area contributed by atoms with Gasteiger partial charge in [-0.15, -0.1) is 0 Å². The van der Waals surface area contributed by atoms with Crippen LogP contribution in [0.2, 0.25) is 5.02 Å². The summed E-state index contributed by atoms with van der Waals surface area (Å²) >= 11 is 6.35. The normalized spacial score (nSPS) is 10.7. The van der Waals surface area contributed by atoms with Crippen molar-refractivity contribution in [2.45, 2.75) is 27.3 Å². The molecule has 0 amide bonds. The van der Waals surface area contributed by atoms with Crippen LogP contribution in [-0.2, 0) is 6.54 Å². The van der Waals surface area contributed by atoms with Gasteiger partial charge in [-0.05, 0) is 54.7 Å². The third-order valence-electron chi connectivity index (χ3n) is 3.40. The van der Waals surface area contributed by atoms with Crippen molar-refractivity contribution in [2.75, 3.05) is 0 Å². The molecule has 2 N–H and O–H groups in total. The highest BCUT2D eigenvalue weighted by Crippen LogP contribution is 2.32. The van der Waals surface area contributed by atoms with Gasteiger partial charge in [0.2, 0.25) is 0 Å². The minimum Gasteiger partial charge on any atom is -0.326 e. The maximum Gasteiger partial charge on any atom is 0.0487 e. The largest absolute Gasteiger partial charge is 0.326 e. The number of rotatable bonds is 2. The zero-order chi connectivity index (χ0) is 13.3. The van der Waals surface area contributed by atoms with Crippen LogP contribution < -0.4 is 5.73 Å². The quantitative estimate of drug-likeness (QED) is 0.850. The van der Waals surface area contributed by atoms with Crippen molar-refractivity contribution < 1.29 is 0 Å². The molecule has 0 aliphatic rings. The van der Waals surface area contributed by atoms with E-state index in [0.29, 0.717) is 6.54 Å². The molecule has 0 aliphatic carbocycles. The fraction of sp³-hybridized carbons (Fsp3) is 0.250. The Morgan fingerprint density at radius 3 is 2.17 bits per heavy atom. The number of hydrogen-bond acceptors (Lipinski definition) is 1. The molecule has 0 aromatic heterocycles. The first-order valence-electron chi connectivity index (χ1n) is 6.09. The Morgan fingerprint density at radius 1 is 0.889 bits per heavy atom. The molecule has 0 saturated heterocycles. The molecule has 2 aromatic carbocycles. The van der Waals surface area contributed by atoms with Crippen LogP contribution in [0.15, 0.2) is 30.3 Å². The van der Waals surface area contributed by atoms with Gasteiger partial charge in [0.25, 0.3) is 0 Å². The van der Waals surface area contributed by atoms with Crippen molar-refractivity contribution >= 4 is 11.6 Å². The predicted octanol–water partition coefficient (Wildman–Crippen LogP) is 4.39. The van der Waals surface area contributed by atoms with Crippen LogP contribution in [0.3, 0.4) is 0 Å². The number of aryl methyl sites for hydroxylation is 3. The Kier molecular flexibility index (Phi) is 3.74. The van der Waals surface area contributed by atoms with Gasteiger partial charge in [0.05, 0.1) is 0 Å². The molecular formula is C16H18ClN. The zero-order valence-corrected chi connectivity index (χ0v) is 11.8. The summed E-state index contributed by atoms with van der Waals surface area (Å²) < 4.78 is 0. The molecule has 18 heavy (non-hydrogen) atoms. The Labute approximate surface area is 114 Å². The van der Waals surface area contributed by atoms with Crippen LogP contribution >= 0.6 is 11.6 Å². The average molecular weight is 260 g/mol. The minimum atomic E-state index is 0.520. The van der Waals surface area contributed by atoms with Gasteiger partial charge in [-0.25, -0.2) is 0 Å². The van der Waals surface area contributed by atoms with E-state index in [9.17, 15) is 0 Å². The van der Waals surface area contributed by atoms with Gasteiger partial charge >= 0.3 is 0 Å². The molecule has 0 bridgehead atoms. The van der Waals surface area contributed by atoms with Gasteiger partial charge in [0, 0.05) is 17.1 Å². The van der Waals surface area contributed by atoms with Crippen LogP contribution in [0, 0.1) is 20.8 Å². The van der Waals surface area contributed by atoms with E-state index in [0.717, 1.165) is 16.1 Å². The molecule has 0 fully saturated rings. The predicted molar refractivity (Wildman–Crippen MR) is 79.0 cm³/mol. The topological polar surface area (TPSA) is 26.0 Å². The highest BCUT2D eigenvalue weighted by Gasteiger charge is 2.08. The van der Waals surface area contributed by atoms with Gasteiger partial charge in [0.1, 0.15) is 0 Å². The van der Waals surface area contributed by atoms with Crippen molar-refractivity contribution in [3.05, 3.63) is 57.6 Å². The third kappa shape index (κ3) is 2.43. The lowest BCUT2D eigenvalue weighted by atomic mass is 9.95. The van der Waals surface area contributed by atoms with E-state index in [4.69, 9.17) is 17.3 Å². The Hall–Kier alpha value is -1.31. The van der Waals surface area contributed by atoms with E-state index >= 15 is 0 Å². The van der Waals surface area contributed by atoms with E-state index in [-0.39, 0.29) is 0 Å². The van der Waals surface area contributed by atoms with Crippen molar-refractivity contribution in [1.29, 1.82) is 0 Å². The molecule has 0 saturated carbocycles. The number of benzene rings is 2. The maximum absolute atomic E-state index is 6.35. The van der Waals surface area contributed by atoms with Crippen LogP contribution in [-0.4, -0.2) is 0 Å². The molecule has 0 spiro atoms. The summed E-state index contributed by atoms with van der Waals surface area (Å²) in [5.41, 5.74) is 12.8. The van der Waals surface area contributed by atoms with Crippen LogP contribution in [0.1, 0.15) is 22.3 Å². The second kappa shape index (κ2) is 5.13. The highest BCUT2D eigenvalue weighted by molar-refractivity contribution is 6.33. The summed E-state index contributed by atoms with van der Waals surface area (Å²) in [6, 6.07) is 10.5. The second-order valence-electron chi connectivity index (χ2n) is 4.77. The molecular weight excluding hydrogens is 242 g/mol. The van der Waals surface area contributed by atoms with E-state index < -0.39 is 0 Å². The van der Waals surface area contributed by atoms with Crippen molar-refractivity contribution in [3.63, 3.8) is 0 Å². The van der Waals surface area contributed by atoms with Crippen LogP contribution in [0.5, 0.6) is 0 Å². The number of halogens is 1. The lowest BCUT2D eigenvalue weighted by Crippen LogP contribution is -1.96. The lowest BCUT2D eigenvalue weighted by molar-refractivity contribution is 1.07. The van der Waals surface area contributed by atoms with E-state index in [1.165, 1.54) is 22.3 Å². The van der Waals surface area contributed by atoms with Crippen LogP contribution in [0.4, 0.5) is 0 Å². The van der Waals surface area contributed by atoms with Gasteiger partial charge in [-0.2, -0.15) is 0 Å². The standard InChI is InChI=1S/C16H18ClN/c1-10-6-12(3)15(7-11(10)2)14-5-4-13(9-18)8-16(14)17/h4-8H,9,18H2,1-3H3. The van der Waals surface area contributed by atoms with E-state index in [1.54, 1.807) is 0 Å². The van der Waals surface area contributed by atoms with Crippen molar-refractivity contribution in [3.8, 4) is 11.1 Å². The molecule has 2 rings (SSSR count). The first-order chi connectivity index (χ1) is 8.52. The highest BCUT2D eigenvalue weighted by atomic mass is 35.5. The molecule has 0 heterocycles. The Bertz CT molecular complexity index is 588. The molecule has 1 nitrogen and oxygen atoms in total. The van der Waals surface area contributed by atoms with Crippen molar-refractivity contribution in [2.24, 2.45) is 5.73 Å². The maximum atomic E-state index is 6.35. The van der Waals surface area contributed by atoms with E-state index in [2.05, 4.69) is 39.0 Å². The zero-order valence-electron chi connectivity index (χ0n) is 11.0. The second-order valence-corrected chi connectivity index (χ2v) is 5.18. The fourth-order valence-electron chi connectivity index (χ4n) is 2.15. The molecule has 2 aromatic rings. The summed E-state index contributed by atoms with van der Waals surface area (Å²) in [5, 5.41) is 0.768. The first-order valence-corrected chi connectivity index (χ1v) is 6.47. The molecule has 94 valence electrons. The summed E-state index contributed by atoms with van der Waals surface area (Å²) in [6.45, 7) is 6.90. The Balaban J connectivity index is 2.58. The Morgan fingerprint density at radius 2 is 1.56 bits per heavy atom. The average Bonchev–Trinajstić information content (AvgIpc) is 2.34. The number of hydrogen-bond donors (Lipinski definition) is 1. The summed E-state index contributed by atoms with van der Waals surface area (Å²) in [5.74, 6) is 0. The molecule has 0 aliphatic heterocycles. The van der Waals surface area contributed by atoms with Gasteiger partial charge < -0.3 is 5.73 Å². The molecule has 0 unspecified atom stereocenters.